The van der Waals surface area contributed by atoms with Gasteiger partial charge >= 0.3 is 6.18 Å². The molecule has 0 unspecified atom stereocenters. The molecule has 0 saturated heterocycles. The topological polar surface area (TPSA) is 71.2 Å². The maximum Gasteiger partial charge on any atom is 0.447 e. The van der Waals surface area contributed by atoms with Gasteiger partial charge in [-0.1, -0.05) is 0 Å². The Kier molecular flexibility index (Phi) is 3.45. The number of pyridine rings is 1. The van der Waals surface area contributed by atoms with Gasteiger partial charge in [-0.05, 0) is 31.4 Å². The summed E-state index contributed by atoms with van der Waals surface area (Å²) in [5.74, 6) is -3.93. The molecule has 2 aromatic heterocycles. The summed E-state index contributed by atoms with van der Waals surface area (Å²) in [5.41, 5.74) is 0.245. The van der Waals surface area contributed by atoms with E-state index in [1.54, 1.807) is 16.9 Å². The third-order valence-corrected chi connectivity index (χ3v) is 3.92. The van der Waals surface area contributed by atoms with Crippen LogP contribution in [0.15, 0.2) is 30.7 Å². The largest absolute Gasteiger partial charge is 0.447 e. The SMILES string of the molecule is OC(O)(c1cncc(-c2ccnn2C2CCC2)c1)C(F)(F)F. The lowest BCUT2D eigenvalue weighted by molar-refractivity contribution is -0.358. The number of hydrogen-bond donors (Lipinski definition) is 2. The summed E-state index contributed by atoms with van der Waals surface area (Å²) in [7, 11) is 0. The summed E-state index contributed by atoms with van der Waals surface area (Å²) in [5, 5.41) is 22.9. The van der Waals surface area contributed by atoms with Gasteiger partial charge in [0.05, 0.1) is 11.7 Å². The Bertz CT molecular complexity index is 678. The minimum absolute atomic E-state index is 0.226. The fourth-order valence-electron chi connectivity index (χ4n) is 2.40. The van der Waals surface area contributed by atoms with Crippen LogP contribution in [0.5, 0.6) is 0 Å². The van der Waals surface area contributed by atoms with Crippen molar-refractivity contribution in [2.45, 2.75) is 37.3 Å². The molecule has 0 radical (unpaired) electrons. The molecular weight excluding hydrogens is 299 g/mol. The van der Waals surface area contributed by atoms with E-state index in [-0.39, 0.29) is 6.04 Å². The van der Waals surface area contributed by atoms with Gasteiger partial charge < -0.3 is 10.2 Å². The first-order chi connectivity index (χ1) is 10.3. The van der Waals surface area contributed by atoms with E-state index in [1.165, 1.54) is 6.20 Å². The molecule has 22 heavy (non-hydrogen) atoms. The lowest BCUT2D eigenvalue weighted by Gasteiger charge is -2.28. The van der Waals surface area contributed by atoms with Crippen LogP contribution in [0.25, 0.3) is 11.3 Å². The molecule has 3 rings (SSSR count). The molecule has 8 heteroatoms. The van der Waals surface area contributed by atoms with Crippen LogP contribution in [0.1, 0.15) is 30.9 Å². The van der Waals surface area contributed by atoms with Crippen molar-refractivity contribution in [3.8, 4) is 11.3 Å². The van der Waals surface area contributed by atoms with Gasteiger partial charge in [0.25, 0.3) is 5.79 Å². The molecule has 0 spiro atoms. The van der Waals surface area contributed by atoms with Gasteiger partial charge in [-0.3, -0.25) is 9.67 Å². The van der Waals surface area contributed by atoms with Crippen molar-refractivity contribution in [2.24, 2.45) is 0 Å². The zero-order valence-corrected chi connectivity index (χ0v) is 11.5. The first kappa shape index (κ1) is 15.0. The number of alkyl halides is 3. The minimum Gasteiger partial charge on any atom is -0.355 e. The molecule has 0 aliphatic heterocycles. The number of aliphatic hydroxyl groups is 2. The second kappa shape index (κ2) is 5.06. The van der Waals surface area contributed by atoms with Crippen LogP contribution < -0.4 is 0 Å². The van der Waals surface area contributed by atoms with Crippen molar-refractivity contribution in [2.75, 3.05) is 0 Å². The van der Waals surface area contributed by atoms with Crippen molar-refractivity contribution >= 4 is 0 Å². The third kappa shape index (κ3) is 2.38. The van der Waals surface area contributed by atoms with E-state index in [1.807, 2.05) is 0 Å². The molecule has 2 aromatic rings. The summed E-state index contributed by atoms with van der Waals surface area (Å²) in [6.45, 7) is 0. The average Bonchev–Trinajstić information content (AvgIpc) is 2.84. The van der Waals surface area contributed by atoms with Crippen LogP contribution in [0.2, 0.25) is 0 Å². The van der Waals surface area contributed by atoms with Gasteiger partial charge in [-0.25, -0.2) is 0 Å². The van der Waals surface area contributed by atoms with E-state index in [0.29, 0.717) is 11.3 Å². The predicted molar refractivity (Wildman–Crippen MR) is 70.5 cm³/mol. The molecule has 0 aromatic carbocycles. The smallest absolute Gasteiger partial charge is 0.355 e. The van der Waals surface area contributed by atoms with E-state index < -0.39 is 17.5 Å². The van der Waals surface area contributed by atoms with Gasteiger partial charge in [-0.15, -0.1) is 0 Å². The molecule has 1 fully saturated rings. The monoisotopic (exact) mass is 313 g/mol. The standard InChI is InChI=1S/C14H14F3N3O2/c15-14(16,17)13(21,22)10-6-9(7-18-8-10)12-4-5-19-20(12)11-2-1-3-11/h4-8,11,21-22H,1-3H2. The van der Waals surface area contributed by atoms with E-state index in [0.717, 1.165) is 31.5 Å². The first-order valence-corrected chi connectivity index (χ1v) is 6.81. The number of hydrogen-bond acceptors (Lipinski definition) is 4. The van der Waals surface area contributed by atoms with E-state index in [4.69, 9.17) is 0 Å². The van der Waals surface area contributed by atoms with Crippen LogP contribution in [-0.2, 0) is 5.79 Å². The third-order valence-electron chi connectivity index (χ3n) is 3.92. The molecule has 1 saturated carbocycles. The molecular formula is C14H14F3N3O2. The highest BCUT2D eigenvalue weighted by Crippen LogP contribution is 2.38. The fourth-order valence-corrected chi connectivity index (χ4v) is 2.40. The van der Waals surface area contributed by atoms with Gasteiger partial charge in [0, 0.05) is 29.7 Å². The van der Waals surface area contributed by atoms with Crippen molar-refractivity contribution < 1.29 is 23.4 Å². The molecule has 2 heterocycles. The normalized spacial score (nSPS) is 16.6. The summed E-state index contributed by atoms with van der Waals surface area (Å²) < 4.78 is 39.9. The van der Waals surface area contributed by atoms with E-state index in [9.17, 15) is 23.4 Å². The molecule has 0 bridgehead atoms. The Morgan fingerprint density at radius 1 is 1.18 bits per heavy atom. The summed E-state index contributed by atoms with van der Waals surface area (Å²) in [6.07, 6.45) is 1.55. The molecule has 1 aliphatic carbocycles. The Morgan fingerprint density at radius 3 is 2.50 bits per heavy atom. The predicted octanol–water partition coefficient (Wildman–Crippen LogP) is 2.37. The lowest BCUT2D eigenvalue weighted by atomic mass is 9.93. The molecule has 118 valence electrons. The number of aromatic nitrogens is 3. The quantitative estimate of drug-likeness (QED) is 0.854. The second-order valence-electron chi connectivity index (χ2n) is 5.38. The Morgan fingerprint density at radius 2 is 1.91 bits per heavy atom. The highest BCUT2D eigenvalue weighted by Gasteiger charge is 2.54. The lowest BCUT2D eigenvalue weighted by Crippen LogP contribution is -2.42. The average molecular weight is 313 g/mol. The maximum atomic E-state index is 12.7. The number of nitrogens with zero attached hydrogens (tertiary/aromatic N) is 3. The fraction of sp³-hybridized carbons (Fsp3) is 0.429. The molecule has 0 amide bonds. The Labute approximate surface area is 124 Å². The van der Waals surface area contributed by atoms with Crippen LogP contribution in [0.3, 0.4) is 0 Å². The summed E-state index contributed by atoms with van der Waals surface area (Å²) >= 11 is 0. The number of rotatable bonds is 3. The Balaban J connectivity index is 2.00. The molecule has 0 atom stereocenters. The first-order valence-electron chi connectivity index (χ1n) is 6.81. The van der Waals surface area contributed by atoms with E-state index in [2.05, 4.69) is 10.1 Å². The zero-order chi connectivity index (χ0) is 16.0. The summed E-state index contributed by atoms with van der Waals surface area (Å²) in [6, 6.07) is 2.97. The zero-order valence-electron chi connectivity index (χ0n) is 11.5. The highest BCUT2D eigenvalue weighted by atomic mass is 19.4. The Hall–Kier alpha value is -1.93. The van der Waals surface area contributed by atoms with Crippen LogP contribution in [-0.4, -0.2) is 31.2 Å². The molecule has 2 N–H and O–H groups in total. The van der Waals surface area contributed by atoms with Crippen molar-refractivity contribution in [3.05, 3.63) is 36.3 Å². The minimum atomic E-state index is -5.21. The van der Waals surface area contributed by atoms with Crippen molar-refractivity contribution in [3.63, 3.8) is 0 Å². The van der Waals surface area contributed by atoms with E-state index >= 15 is 0 Å². The van der Waals surface area contributed by atoms with Crippen molar-refractivity contribution in [1.82, 2.24) is 14.8 Å². The van der Waals surface area contributed by atoms with Crippen LogP contribution >= 0.6 is 0 Å². The maximum absolute atomic E-state index is 12.7. The van der Waals surface area contributed by atoms with Crippen molar-refractivity contribution in [1.29, 1.82) is 0 Å². The van der Waals surface area contributed by atoms with Gasteiger partial charge in [0.15, 0.2) is 0 Å². The highest BCUT2D eigenvalue weighted by molar-refractivity contribution is 5.59. The van der Waals surface area contributed by atoms with Gasteiger partial charge in [0.2, 0.25) is 0 Å². The van der Waals surface area contributed by atoms with Gasteiger partial charge in [0.1, 0.15) is 0 Å². The number of halogens is 3. The molecule has 1 aliphatic rings. The molecule has 5 nitrogen and oxygen atoms in total. The van der Waals surface area contributed by atoms with Gasteiger partial charge in [-0.2, -0.15) is 18.3 Å². The van der Waals surface area contributed by atoms with Crippen LogP contribution in [0, 0.1) is 0 Å². The van der Waals surface area contributed by atoms with Crippen LogP contribution in [0.4, 0.5) is 13.2 Å². The summed E-state index contributed by atoms with van der Waals surface area (Å²) in [4.78, 5) is 3.70. The second-order valence-corrected chi connectivity index (χ2v) is 5.38.